The summed E-state index contributed by atoms with van der Waals surface area (Å²) in [6.07, 6.45) is -3.13. The number of para-hydroxylation sites is 2. The standard InChI is InChI=1S/C20H23F3N6O3/c21-20(22,23)32-16-4-2-1-3-15(16)25-19(30)29-9-7-27(8-10-29)17-5-6-24-18(26-17)28-11-13-31-14-12-28/h1-6H,7-14H2,(H,25,30). The molecule has 32 heavy (non-hydrogen) atoms. The highest BCUT2D eigenvalue weighted by atomic mass is 19.4. The second-order valence-corrected chi connectivity index (χ2v) is 7.26. The number of nitrogens with one attached hydrogen (secondary N) is 1. The number of rotatable bonds is 4. The maximum atomic E-state index is 12.6. The average Bonchev–Trinajstić information content (AvgIpc) is 2.80. The molecular formula is C20H23F3N6O3. The molecule has 1 aromatic heterocycles. The number of aromatic nitrogens is 2. The summed E-state index contributed by atoms with van der Waals surface area (Å²) >= 11 is 0. The number of nitrogens with zero attached hydrogens (tertiary/aromatic N) is 5. The van der Waals surface area contributed by atoms with Crippen molar-refractivity contribution in [3.05, 3.63) is 36.5 Å². The molecule has 3 heterocycles. The van der Waals surface area contributed by atoms with Gasteiger partial charge in [0.2, 0.25) is 5.95 Å². The number of ether oxygens (including phenoxy) is 2. The summed E-state index contributed by atoms with van der Waals surface area (Å²) in [5.41, 5.74) is -0.0387. The fourth-order valence-electron chi connectivity index (χ4n) is 3.55. The molecule has 12 heteroatoms. The molecule has 172 valence electrons. The molecule has 2 aliphatic rings. The number of anilines is 3. The first-order valence-corrected chi connectivity index (χ1v) is 10.2. The zero-order valence-electron chi connectivity index (χ0n) is 17.2. The highest BCUT2D eigenvalue weighted by Crippen LogP contribution is 2.30. The van der Waals surface area contributed by atoms with E-state index in [9.17, 15) is 18.0 Å². The Labute approximate surface area is 182 Å². The average molecular weight is 452 g/mol. The van der Waals surface area contributed by atoms with Crippen molar-refractivity contribution < 1.29 is 27.4 Å². The molecule has 4 rings (SSSR count). The Morgan fingerprint density at radius 3 is 2.44 bits per heavy atom. The fraction of sp³-hybridized carbons (Fsp3) is 0.450. The molecule has 0 spiro atoms. The number of hydrogen-bond acceptors (Lipinski definition) is 7. The van der Waals surface area contributed by atoms with Crippen LogP contribution in [0.2, 0.25) is 0 Å². The van der Waals surface area contributed by atoms with E-state index in [0.717, 1.165) is 25.0 Å². The minimum absolute atomic E-state index is 0.0387. The highest BCUT2D eigenvalue weighted by molar-refractivity contribution is 5.91. The van der Waals surface area contributed by atoms with Crippen LogP contribution < -0.4 is 19.9 Å². The van der Waals surface area contributed by atoms with Gasteiger partial charge in [-0.15, -0.1) is 13.2 Å². The zero-order chi connectivity index (χ0) is 22.6. The topological polar surface area (TPSA) is 83.1 Å². The number of urea groups is 1. The van der Waals surface area contributed by atoms with Crippen LogP contribution in [0.15, 0.2) is 36.5 Å². The summed E-state index contributed by atoms with van der Waals surface area (Å²) in [5.74, 6) is 0.960. The van der Waals surface area contributed by atoms with E-state index in [1.165, 1.54) is 18.2 Å². The third-order valence-electron chi connectivity index (χ3n) is 5.17. The van der Waals surface area contributed by atoms with Gasteiger partial charge in [-0.1, -0.05) is 12.1 Å². The number of carbonyl (C=O) groups excluding carboxylic acids is 1. The van der Waals surface area contributed by atoms with Crippen LogP contribution in [0.1, 0.15) is 0 Å². The second kappa shape index (κ2) is 9.47. The normalized spacial score (nSPS) is 17.3. The predicted octanol–water partition coefficient (Wildman–Crippen LogP) is 2.57. The van der Waals surface area contributed by atoms with Crippen molar-refractivity contribution in [2.24, 2.45) is 0 Å². The maximum absolute atomic E-state index is 12.6. The molecule has 0 unspecified atom stereocenters. The summed E-state index contributed by atoms with van der Waals surface area (Å²) in [6, 6.07) is 6.79. The summed E-state index contributed by atoms with van der Waals surface area (Å²) in [7, 11) is 0. The van der Waals surface area contributed by atoms with Crippen molar-refractivity contribution in [3.8, 4) is 5.75 Å². The number of halogens is 3. The van der Waals surface area contributed by atoms with Gasteiger partial charge in [0.15, 0.2) is 5.75 Å². The van der Waals surface area contributed by atoms with Gasteiger partial charge >= 0.3 is 12.4 Å². The van der Waals surface area contributed by atoms with Gasteiger partial charge in [-0.2, -0.15) is 4.98 Å². The summed E-state index contributed by atoms with van der Waals surface area (Å²) in [6.45, 7) is 4.60. The van der Waals surface area contributed by atoms with Crippen LogP contribution in [0, 0.1) is 0 Å². The first-order valence-electron chi connectivity index (χ1n) is 10.2. The molecule has 2 saturated heterocycles. The first kappa shape index (κ1) is 21.9. The van der Waals surface area contributed by atoms with E-state index in [1.54, 1.807) is 11.1 Å². The number of piperazine rings is 1. The fourth-order valence-corrected chi connectivity index (χ4v) is 3.55. The largest absolute Gasteiger partial charge is 0.573 e. The molecule has 0 aliphatic carbocycles. The van der Waals surface area contributed by atoms with Gasteiger partial charge in [0.1, 0.15) is 5.82 Å². The highest BCUT2D eigenvalue weighted by Gasteiger charge is 2.32. The zero-order valence-corrected chi connectivity index (χ0v) is 17.2. The van der Waals surface area contributed by atoms with Crippen molar-refractivity contribution in [1.29, 1.82) is 0 Å². The number of benzene rings is 1. The van der Waals surface area contributed by atoms with Crippen LogP contribution in [-0.2, 0) is 4.74 Å². The molecule has 9 nitrogen and oxygen atoms in total. The van der Waals surface area contributed by atoms with E-state index < -0.39 is 18.1 Å². The van der Waals surface area contributed by atoms with Gasteiger partial charge in [0, 0.05) is 45.5 Å². The molecule has 1 aromatic carbocycles. The molecule has 0 atom stereocenters. The summed E-state index contributed by atoms with van der Waals surface area (Å²) in [5, 5.41) is 2.51. The second-order valence-electron chi connectivity index (χ2n) is 7.26. The molecule has 2 aromatic rings. The molecule has 2 aliphatic heterocycles. The van der Waals surface area contributed by atoms with Crippen LogP contribution in [0.25, 0.3) is 0 Å². The van der Waals surface area contributed by atoms with Gasteiger partial charge < -0.3 is 29.5 Å². The monoisotopic (exact) mass is 452 g/mol. The van der Waals surface area contributed by atoms with E-state index in [0.29, 0.717) is 45.3 Å². The van der Waals surface area contributed by atoms with Crippen molar-refractivity contribution in [2.45, 2.75) is 6.36 Å². The third kappa shape index (κ3) is 5.49. The molecule has 2 fully saturated rings. The van der Waals surface area contributed by atoms with E-state index in [1.807, 2.05) is 6.07 Å². The maximum Gasteiger partial charge on any atom is 0.573 e. The van der Waals surface area contributed by atoms with E-state index in [4.69, 9.17) is 4.74 Å². The van der Waals surface area contributed by atoms with Crippen LogP contribution in [0.3, 0.4) is 0 Å². The lowest BCUT2D eigenvalue weighted by molar-refractivity contribution is -0.274. The Hall–Kier alpha value is -3.28. The van der Waals surface area contributed by atoms with Gasteiger partial charge in [-0.3, -0.25) is 0 Å². The van der Waals surface area contributed by atoms with Crippen molar-refractivity contribution in [3.63, 3.8) is 0 Å². The Morgan fingerprint density at radius 2 is 1.72 bits per heavy atom. The predicted molar refractivity (Wildman–Crippen MR) is 111 cm³/mol. The quantitative estimate of drug-likeness (QED) is 0.764. The summed E-state index contributed by atoms with van der Waals surface area (Å²) in [4.78, 5) is 27.3. The van der Waals surface area contributed by atoms with Crippen molar-refractivity contribution in [2.75, 3.05) is 67.6 Å². The van der Waals surface area contributed by atoms with Gasteiger partial charge in [-0.25, -0.2) is 9.78 Å². The number of amides is 2. The third-order valence-corrected chi connectivity index (χ3v) is 5.17. The molecule has 2 amide bonds. The van der Waals surface area contributed by atoms with Crippen LogP contribution >= 0.6 is 0 Å². The first-order chi connectivity index (χ1) is 15.4. The molecule has 0 radical (unpaired) electrons. The summed E-state index contributed by atoms with van der Waals surface area (Å²) < 4.78 is 47.1. The van der Waals surface area contributed by atoms with Crippen molar-refractivity contribution >= 4 is 23.5 Å². The minimum Gasteiger partial charge on any atom is -0.404 e. The Kier molecular flexibility index (Phi) is 6.49. The van der Waals surface area contributed by atoms with Gasteiger partial charge in [0.05, 0.1) is 18.9 Å². The smallest absolute Gasteiger partial charge is 0.404 e. The molecule has 1 N–H and O–H groups in total. The Morgan fingerprint density at radius 1 is 1.00 bits per heavy atom. The minimum atomic E-state index is -4.84. The van der Waals surface area contributed by atoms with Crippen LogP contribution in [-0.4, -0.2) is 79.7 Å². The molecule has 0 saturated carbocycles. The number of hydrogen-bond donors (Lipinski definition) is 1. The molecule has 0 bridgehead atoms. The lowest BCUT2D eigenvalue weighted by atomic mass is 10.3. The van der Waals surface area contributed by atoms with E-state index in [-0.39, 0.29) is 5.69 Å². The van der Waals surface area contributed by atoms with Crippen molar-refractivity contribution in [1.82, 2.24) is 14.9 Å². The molecular weight excluding hydrogens is 429 g/mol. The Bertz CT molecular complexity index is 931. The number of carbonyl (C=O) groups is 1. The number of alkyl halides is 3. The Balaban J connectivity index is 1.35. The van der Waals surface area contributed by atoms with Crippen LogP contribution in [0.5, 0.6) is 5.75 Å². The van der Waals surface area contributed by atoms with Crippen LogP contribution in [0.4, 0.5) is 35.4 Å². The van der Waals surface area contributed by atoms with Gasteiger partial charge in [-0.05, 0) is 18.2 Å². The van der Waals surface area contributed by atoms with E-state index >= 15 is 0 Å². The van der Waals surface area contributed by atoms with E-state index in [2.05, 4.69) is 29.8 Å². The lowest BCUT2D eigenvalue weighted by Gasteiger charge is -2.36. The lowest BCUT2D eigenvalue weighted by Crippen LogP contribution is -2.50. The van der Waals surface area contributed by atoms with Gasteiger partial charge in [0.25, 0.3) is 0 Å². The number of morpholine rings is 1. The SMILES string of the molecule is O=C(Nc1ccccc1OC(F)(F)F)N1CCN(c2ccnc(N3CCOCC3)n2)CC1.